The lowest BCUT2D eigenvalue weighted by Crippen LogP contribution is -2.48. The average Bonchev–Trinajstić information content (AvgIpc) is 3.58. The molecular formula is C31H32F2N6O3. The summed E-state index contributed by atoms with van der Waals surface area (Å²) in [6.45, 7) is 4.61. The number of phenolic OH excluding ortho intramolecular Hbond substituents is 1. The standard InChI is InChI=1S/C31H32F2N6O3/c1-2-22-23(33)5-4-19-10-21(40)11-25(26(19)22)39-16-24-27(29(39)41)28(37-13-18(14-37)6-8-34)36-30(35-24)42-17-31-7-3-9-38(31)15-20(32)12-31/h4-5,10-11,18,20,40H,2-3,6-7,9,12-17H2,1H3/t20-,31+/m1/s1. The molecule has 218 valence electrons. The maximum atomic E-state index is 14.9. The topological polar surface area (TPSA) is 106 Å². The van der Waals surface area contributed by atoms with Crippen LogP contribution in [0.2, 0.25) is 0 Å². The van der Waals surface area contributed by atoms with Crippen LogP contribution in [0, 0.1) is 23.1 Å². The Kier molecular flexibility index (Phi) is 6.42. The number of alkyl halides is 1. The van der Waals surface area contributed by atoms with E-state index in [4.69, 9.17) is 15.0 Å². The molecule has 2 atom stereocenters. The third-order valence-corrected chi connectivity index (χ3v) is 9.36. The van der Waals surface area contributed by atoms with E-state index in [1.54, 1.807) is 12.1 Å². The number of carbonyl (C=O) groups is 1. The minimum absolute atomic E-state index is 0.0320. The van der Waals surface area contributed by atoms with Crippen molar-refractivity contribution in [1.82, 2.24) is 14.9 Å². The lowest BCUT2D eigenvalue weighted by molar-refractivity contribution is 0.0995. The number of hydrogen-bond donors (Lipinski definition) is 1. The van der Waals surface area contributed by atoms with Gasteiger partial charge in [0.15, 0.2) is 0 Å². The van der Waals surface area contributed by atoms with Crippen molar-refractivity contribution in [2.24, 2.45) is 5.92 Å². The number of ether oxygens (including phenoxy) is 1. The number of halogens is 2. The van der Waals surface area contributed by atoms with Crippen molar-refractivity contribution in [1.29, 1.82) is 5.26 Å². The van der Waals surface area contributed by atoms with Crippen LogP contribution in [0.1, 0.15) is 54.2 Å². The summed E-state index contributed by atoms with van der Waals surface area (Å²) in [5.74, 6) is -0.128. The second kappa shape index (κ2) is 10.1. The summed E-state index contributed by atoms with van der Waals surface area (Å²) in [7, 11) is 0. The van der Waals surface area contributed by atoms with Crippen LogP contribution < -0.4 is 14.5 Å². The van der Waals surface area contributed by atoms with Gasteiger partial charge in [0, 0.05) is 49.8 Å². The third kappa shape index (κ3) is 4.23. The molecule has 3 aromatic rings. The second-order valence-corrected chi connectivity index (χ2v) is 12.0. The Morgan fingerprint density at radius 2 is 2.07 bits per heavy atom. The van der Waals surface area contributed by atoms with Crippen molar-refractivity contribution in [3.63, 3.8) is 0 Å². The Hall–Kier alpha value is -4.04. The molecule has 0 radical (unpaired) electrons. The SMILES string of the molecule is CCc1c(F)ccc2cc(O)cc(N3Cc4nc(OC[C@@]56CCCN5C[C@H](F)C6)nc(N5CC(CC#N)C5)c4C3=O)c12. The first kappa shape index (κ1) is 26.8. The van der Waals surface area contributed by atoms with Gasteiger partial charge in [-0.3, -0.25) is 9.69 Å². The summed E-state index contributed by atoms with van der Waals surface area (Å²) in [5, 5.41) is 20.9. The van der Waals surface area contributed by atoms with E-state index in [1.165, 1.54) is 17.0 Å². The molecule has 4 aliphatic heterocycles. The molecule has 5 heterocycles. The van der Waals surface area contributed by atoms with E-state index in [1.807, 2.05) is 11.8 Å². The van der Waals surface area contributed by atoms with Crippen LogP contribution in [0.5, 0.6) is 11.8 Å². The van der Waals surface area contributed by atoms with E-state index in [0.29, 0.717) is 78.0 Å². The number of nitrogens with zero attached hydrogens (tertiary/aromatic N) is 6. The van der Waals surface area contributed by atoms with Crippen LogP contribution in [-0.2, 0) is 13.0 Å². The first-order chi connectivity index (χ1) is 20.3. The van der Waals surface area contributed by atoms with Gasteiger partial charge >= 0.3 is 6.01 Å². The number of fused-ring (bicyclic) bond motifs is 3. The van der Waals surface area contributed by atoms with Gasteiger partial charge in [-0.25, -0.2) is 8.78 Å². The Morgan fingerprint density at radius 1 is 1.24 bits per heavy atom. The van der Waals surface area contributed by atoms with Gasteiger partial charge in [-0.15, -0.1) is 0 Å². The first-order valence-corrected chi connectivity index (χ1v) is 14.6. The summed E-state index contributed by atoms with van der Waals surface area (Å²) in [6.07, 6.45) is 2.19. The number of aromatic hydroxyl groups is 1. The van der Waals surface area contributed by atoms with Crippen LogP contribution >= 0.6 is 0 Å². The van der Waals surface area contributed by atoms with Crippen LogP contribution in [-0.4, -0.2) is 70.4 Å². The maximum absolute atomic E-state index is 14.9. The normalized spacial score (nSPS) is 23.8. The van der Waals surface area contributed by atoms with Gasteiger partial charge in [-0.05, 0) is 48.9 Å². The van der Waals surface area contributed by atoms with Crippen molar-refractivity contribution in [3.8, 4) is 17.8 Å². The van der Waals surface area contributed by atoms with Crippen molar-refractivity contribution in [2.45, 2.75) is 57.3 Å². The summed E-state index contributed by atoms with van der Waals surface area (Å²) in [6, 6.07) is 8.37. The second-order valence-electron chi connectivity index (χ2n) is 12.0. The minimum atomic E-state index is -0.885. The molecule has 0 spiro atoms. The summed E-state index contributed by atoms with van der Waals surface area (Å²) < 4.78 is 35.4. The summed E-state index contributed by atoms with van der Waals surface area (Å²) in [4.78, 5) is 29.1. The quantitative estimate of drug-likeness (QED) is 0.440. The fourth-order valence-corrected chi connectivity index (χ4v) is 7.33. The number of phenols is 1. The third-order valence-electron chi connectivity index (χ3n) is 9.36. The van der Waals surface area contributed by atoms with Crippen LogP contribution in [0.15, 0.2) is 24.3 Å². The Labute approximate surface area is 242 Å². The van der Waals surface area contributed by atoms with E-state index in [2.05, 4.69) is 16.0 Å². The Morgan fingerprint density at radius 3 is 2.86 bits per heavy atom. The van der Waals surface area contributed by atoms with E-state index >= 15 is 0 Å². The highest BCUT2D eigenvalue weighted by Gasteiger charge is 2.49. The molecule has 2 aromatic carbocycles. The maximum Gasteiger partial charge on any atom is 0.318 e. The summed E-state index contributed by atoms with van der Waals surface area (Å²) >= 11 is 0. The first-order valence-electron chi connectivity index (χ1n) is 14.6. The Balaban J connectivity index is 1.27. The fraction of sp³-hybridized carbons (Fsp3) is 0.484. The number of nitriles is 1. The molecule has 1 aromatic heterocycles. The molecule has 0 bridgehead atoms. The van der Waals surface area contributed by atoms with Crippen LogP contribution in [0.3, 0.4) is 0 Å². The summed E-state index contributed by atoms with van der Waals surface area (Å²) in [5.41, 5.74) is 1.31. The molecule has 3 saturated heterocycles. The van der Waals surface area contributed by atoms with Gasteiger partial charge < -0.3 is 19.6 Å². The highest BCUT2D eigenvalue weighted by molar-refractivity contribution is 6.16. The van der Waals surface area contributed by atoms with Gasteiger partial charge in [-0.1, -0.05) is 13.0 Å². The molecule has 9 nitrogen and oxygen atoms in total. The zero-order valence-electron chi connectivity index (χ0n) is 23.4. The number of rotatable bonds is 7. The van der Waals surface area contributed by atoms with Crippen molar-refractivity contribution < 1.29 is 23.4 Å². The number of anilines is 2. The highest BCUT2D eigenvalue weighted by atomic mass is 19.1. The van der Waals surface area contributed by atoms with Crippen molar-refractivity contribution in [2.75, 3.05) is 42.6 Å². The van der Waals surface area contributed by atoms with E-state index < -0.39 is 6.17 Å². The molecule has 1 N–H and O–H groups in total. The van der Waals surface area contributed by atoms with Gasteiger partial charge in [0.1, 0.15) is 35.7 Å². The van der Waals surface area contributed by atoms with Crippen LogP contribution in [0.25, 0.3) is 10.8 Å². The number of hydrogen-bond acceptors (Lipinski definition) is 8. The molecule has 0 aliphatic carbocycles. The molecule has 0 unspecified atom stereocenters. The van der Waals surface area contributed by atoms with Gasteiger partial charge in [0.25, 0.3) is 5.91 Å². The fourth-order valence-electron chi connectivity index (χ4n) is 7.33. The molecule has 42 heavy (non-hydrogen) atoms. The number of aromatic nitrogens is 2. The zero-order valence-corrected chi connectivity index (χ0v) is 23.4. The Bertz CT molecular complexity index is 1640. The number of carbonyl (C=O) groups excluding carboxylic acids is 1. The van der Waals surface area contributed by atoms with Crippen LogP contribution in [0.4, 0.5) is 20.3 Å². The van der Waals surface area contributed by atoms with Crippen molar-refractivity contribution >= 4 is 28.2 Å². The molecule has 11 heteroatoms. The predicted octanol–water partition coefficient (Wildman–Crippen LogP) is 4.50. The number of amides is 1. The minimum Gasteiger partial charge on any atom is -0.508 e. The lowest BCUT2D eigenvalue weighted by Gasteiger charge is -2.39. The zero-order chi connectivity index (χ0) is 29.2. The predicted molar refractivity (Wildman–Crippen MR) is 152 cm³/mol. The highest BCUT2D eigenvalue weighted by Crippen LogP contribution is 2.43. The molecule has 4 aliphatic rings. The number of aryl methyl sites for hydroxylation is 1. The lowest BCUT2D eigenvalue weighted by atomic mass is 9.95. The number of benzene rings is 2. The monoisotopic (exact) mass is 574 g/mol. The molecule has 1 amide bonds. The molecule has 3 fully saturated rings. The molecule has 0 saturated carbocycles. The molecular weight excluding hydrogens is 542 g/mol. The smallest absolute Gasteiger partial charge is 0.318 e. The van der Waals surface area contributed by atoms with E-state index in [-0.39, 0.29) is 48.1 Å². The molecule has 7 rings (SSSR count). The van der Waals surface area contributed by atoms with E-state index in [9.17, 15) is 18.7 Å². The van der Waals surface area contributed by atoms with E-state index in [0.717, 1.165) is 19.4 Å². The average molecular weight is 575 g/mol. The van der Waals surface area contributed by atoms with Gasteiger partial charge in [0.05, 0.1) is 29.5 Å². The van der Waals surface area contributed by atoms with Gasteiger partial charge in [0.2, 0.25) is 0 Å². The van der Waals surface area contributed by atoms with Crippen molar-refractivity contribution in [3.05, 3.63) is 46.9 Å². The van der Waals surface area contributed by atoms with Gasteiger partial charge in [-0.2, -0.15) is 15.2 Å². The largest absolute Gasteiger partial charge is 0.508 e.